The molecule has 2 rings (SSSR count). The van der Waals surface area contributed by atoms with Gasteiger partial charge in [-0.1, -0.05) is 13.3 Å². The lowest BCUT2D eigenvalue weighted by atomic mass is 9.84. The van der Waals surface area contributed by atoms with Gasteiger partial charge in [0.1, 0.15) is 0 Å². The minimum Gasteiger partial charge on any atom is -0.338 e. The molecule has 0 aromatic rings. The van der Waals surface area contributed by atoms with E-state index in [1.807, 2.05) is 0 Å². The Labute approximate surface area is 123 Å². The summed E-state index contributed by atoms with van der Waals surface area (Å²) in [5.41, 5.74) is 6.04. The number of carbonyl (C=O) groups excluding carboxylic acids is 1. The predicted molar refractivity (Wildman–Crippen MR) is 82.5 cm³/mol. The maximum Gasteiger partial charge on any atom is 0.223 e. The van der Waals surface area contributed by atoms with Crippen LogP contribution in [0, 0.1) is 5.92 Å². The van der Waals surface area contributed by atoms with Crippen LogP contribution in [0.15, 0.2) is 0 Å². The fraction of sp³-hybridized carbons (Fsp3) is 0.938. The summed E-state index contributed by atoms with van der Waals surface area (Å²) >= 11 is 0. The number of hydrogen-bond donors (Lipinski definition) is 1. The molecule has 3 unspecified atom stereocenters. The molecule has 0 aromatic heterocycles. The molecule has 0 aromatic carbocycles. The Balaban J connectivity index is 1.92. The molecule has 1 heterocycles. The smallest absolute Gasteiger partial charge is 0.223 e. The van der Waals surface area contributed by atoms with Crippen molar-refractivity contribution in [2.75, 3.05) is 26.7 Å². The molecule has 4 heteroatoms. The zero-order valence-electron chi connectivity index (χ0n) is 13.2. The Hall–Kier alpha value is -0.610. The van der Waals surface area contributed by atoms with Gasteiger partial charge in [-0.05, 0) is 51.6 Å². The largest absolute Gasteiger partial charge is 0.338 e. The van der Waals surface area contributed by atoms with E-state index in [-0.39, 0.29) is 0 Å². The number of amides is 1. The molecule has 1 saturated carbocycles. The number of hydrogen-bond acceptors (Lipinski definition) is 3. The summed E-state index contributed by atoms with van der Waals surface area (Å²) in [4.78, 5) is 17.2. The number of rotatable bonds is 3. The lowest BCUT2D eigenvalue weighted by Gasteiger charge is -2.33. The van der Waals surface area contributed by atoms with Gasteiger partial charge in [0.05, 0.1) is 0 Å². The van der Waals surface area contributed by atoms with Crippen LogP contribution < -0.4 is 5.73 Å². The molecule has 2 aliphatic rings. The molecule has 2 N–H and O–H groups in total. The molecule has 2 fully saturated rings. The van der Waals surface area contributed by atoms with Crippen molar-refractivity contribution in [1.29, 1.82) is 0 Å². The predicted octanol–water partition coefficient (Wildman–Crippen LogP) is 1.84. The third-order valence-corrected chi connectivity index (χ3v) is 4.98. The van der Waals surface area contributed by atoms with E-state index in [9.17, 15) is 4.79 Å². The van der Waals surface area contributed by atoms with Gasteiger partial charge in [-0.2, -0.15) is 0 Å². The van der Waals surface area contributed by atoms with E-state index in [1.54, 1.807) is 0 Å². The van der Waals surface area contributed by atoms with E-state index < -0.39 is 0 Å². The van der Waals surface area contributed by atoms with Crippen LogP contribution in [-0.4, -0.2) is 54.5 Å². The molecule has 3 atom stereocenters. The van der Waals surface area contributed by atoms with Crippen molar-refractivity contribution < 1.29 is 4.79 Å². The summed E-state index contributed by atoms with van der Waals surface area (Å²) < 4.78 is 0. The van der Waals surface area contributed by atoms with E-state index in [1.165, 1.54) is 12.8 Å². The van der Waals surface area contributed by atoms with Crippen LogP contribution in [0.2, 0.25) is 0 Å². The van der Waals surface area contributed by atoms with Crippen LogP contribution in [0.3, 0.4) is 0 Å². The van der Waals surface area contributed by atoms with E-state index >= 15 is 0 Å². The Morgan fingerprint density at radius 1 is 1.25 bits per heavy atom. The van der Waals surface area contributed by atoms with E-state index in [0.717, 1.165) is 45.3 Å². The molecule has 1 aliphatic carbocycles. The third-order valence-electron chi connectivity index (χ3n) is 4.98. The van der Waals surface area contributed by atoms with Crippen molar-refractivity contribution >= 4 is 5.91 Å². The van der Waals surface area contributed by atoms with Gasteiger partial charge in [0.15, 0.2) is 0 Å². The second-order valence-corrected chi connectivity index (χ2v) is 6.76. The quantitative estimate of drug-likeness (QED) is 0.858. The first-order valence-corrected chi connectivity index (χ1v) is 8.33. The summed E-state index contributed by atoms with van der Waals surface area (Å²) in [5, 5.41) is 0. The third kappa shape index (κ3) is 4.19. The van der Waals surface area contributed by atoms with Gasteiger partial charge < -0.3 is 15.5 Å². The standard InChI is InChI=1S/C16H31N3O/c1-3-15-12-18(2)8-5-9-19(15)16(20)11-13-6-4-7-14(17)10-13/h13-15H,3-12,17H2,1-2H3. The first-order valence-electron chi connectivity index (χ1n) is 8.33. The lowest BCUT2D eigenvalue weighted by molar-refractivity contribution is -0.134. The second kappa shape index (κ2) is 7.41. The highest BCUT2D eigenvalue weighted by atomic mass is 16.2. The zero-order chi connectivity index (χ0) is 14.5. The maximum atomic E-state index is 12.7. The fourth-order valence-electron chi connectivity index (χ4n) is 3.80. The van der Waals surface area contributed by atoms with Crippen molar-refractivity contribution in [3.05, 3.63) is 0 Å². The molecule has 0 spiro atoms. The first kappa shape index (κ1) is 15.8. The van der Waals surface area contributed by atoms with Crippen LogP contribution in [0.25, 0.3) is 0 Å². The summed E-state index contributed by atoms with van der Waals surface area (Å²) in [6.07, 6.45) is 7.42. The summed E-state index contributed by atoms with van der Waals surface area (Å²) in [6.45, 7) is 5.25. The van der Waals surface area contributed by atoms with Gasteiger partial charge in [-0.3, -0.25) is 4.79 Å². The van der Waals surface area contributed by atoms with Gasteiger partial charge in [0.25, 0.3) is 0 Å². The topological polar surface area (TPSA) is 49.6 Å². The molecule has 1 saturated heterocycles. The summed E-state index contributed by atoms with van der Waals surface area (Å²) in [5.74, 6) is 0.885. The van der Waals surface area contributed by atoms with Crippen molar-refractivity contribution in [2.45, 2.75) is 64.0 Å². The highest BCUT2D eigenvalue weighted by Gasteiger charge is 2.29. The number of nitrogens with zero attached hydrogens (tertiary/aromatic N) is 2. The van der Waals surface area contributed by atoms with Crippen LogP contribution in [0.1, 0.15) is 51.9 Å². The van der Waals surface area contributed by atoms with Crippen LogP contribution in [-0.2, 0) is 4.79 Å². The number of nitrogens with two attached hydrogens (primary N) is 1. The SMILES string of the molecule is CCC1CN(C)CCCN1C(=O)CC1CCCC(N)C1. The average Bonchev–Trinajstić information content (AvgIpc) is 2.60. The van der Waals surface area contributed by atoms with Gasteiger partial charge in [0.2, 0.25) is 5.91 Å². The second-order valence-electron chi connectivity index (χ2n) is 6.76. The van der Waals surface area contributed by atoms with Crippen molar-refractivity contribution in [3.63, 3.8) is 0 Å². The molecule has 0 radical (unpaired) electrons. The Morgan fingerprint density at radius 2 is 2.05 bits per heavy atom. The van der Waals surface area contributed by atoms with E-state index in [2.05, 4.69) is 23.8 Å². The maximum absolute atomic E-state index is 12.7. The van der Waals surface area contributed by atoms with Crippen LogP contribution in [0.4, 0.5) is 0 Å². The van der Waals surface area contributed by atoms with E-state index in [0.29, 0.717) is 30.3 Å². The van der Waals surface area contributed by atoms with Gasteiger partial charge >= 0.3 is 0 Å². The fourth-order valence-corrected chi connectivity index (χ4v) is 3.80. The molecular weight excluding hydrogens is 250 g/mol. The highest BCUT2D eigenvalue weighted by molar-refractivity contribution is 5.76. The van der Waals surface area contributed by atoms with Crippen LogP contribution >= 0.6 is 0 Å². The Morgan fingerprint density at radius 3 is 2.75 bits per heavy atom. The molecular formula is C16H31N3O. The Kier molecular flexibility index (Phi) is 5.85. The van der Waals surface area contributed by atoms with Crippen molar-refractivity contribution in [2.24, 2.45) is 11.7 Å². The van der Waals surface area contributed by atoms with E-state index in [4.69, 9.17) is 5.73 Å². The summed E-state index contributed by atoms with van der Waals surface area (Å²) in [7, 11) is 2.16. The van der Waals surface area contributed by atoms with Crippen molar-refractivity contribution in [3.8, 4) is 0 Å². The van der Waals surface area contributed by atoms with Gasteiger partial charge in [-0.25, -0.2) is 0 Å². The molecule has 0 bridgehead atoms. The number of likely N-dealkylation sites (N-methyl/N-ethyl adjacent to an activating group) is 1. The molecule has 116 valence electrons. The van der Waals surface area contributed by atoms with Gasteiger partial charge in [-0.15, -0.1) is 0 Å². The monoisotopic (exact) mass is 281 g/mol. The first-order chi connectivity index (χ1) is 9.60. The summed E-state index contributed by atoms with van der Waals surface area (Å²) in [6, 6.07) is 0.714. The lowest BCUT2D eigenvalue weighted by Crippen LogP contribution is -2.44. The van der Waals surface area contributed by atoms with Crippen molar-refractivity contribution in [1.82, 2.24) is 9.80 Å². The number of carbonyl (C=O) groups is 1. The Bertz CT molecular complexity index is 321. The molecule has 20 heavy (non-hydrogen) atoms. The van der Waals surface area contributed by atoms with Crippen LogP contribution in [0.5, 0.6) is 0 Å². The zero-order valence-corrected chi connectivity index (χ0v) is 13.2. The minimum atomic E-state index is 0.318. The normalized spacial score (nSPS) is 33.0. The molecule has 4 nitrogen and oxygen atoms in total. The molecule has 1 aliphatic heterocycles. The highest BCUT2D eigenvalue weighted by Crippen LogP contribution is 2.27. The molecule has 1 amide bonds. The minimum absolute atomic E-state index is 0.318. The van der Waals surface area contributed by atoms with Gasteiger partial charge in [0, 0.05) is 31.6 Å². The average molecular weight is 281 g/mol.